The predicted molar refractivity (Wildman–Crippen MR) is 95.4 cm³/mol. The fraction of sp³-hybridized carbons (Fsp3) is 0.368. The van der Waals surface area contributed by atoms with Crippen molar-refractivity contribution in [3.8, 4) is 11.5 Å². The molecule has 0 saturated carbocycles. The molecule has 0 aromatic heterocycles. The normalized spacial score (nSPS) is 11.8. The fourth-order valence-corrected chi connectivity index (χ4v) is 2.65. The molecule has 124 valence electrons. The minimum absolute atomic E-state index is 0.0133. The van der Waals surface area contributed by atoms with Gasteiger partial charge in [0.25, 0.3) is 0 Å². The average molecular weight is 314 g/mol. The first-order valence-electron chi connectivity index (χ1n) is 8.00. The minimum atomic E-state index is 0.0133. The van der Waals surface area contributed by atoms with Crippen LogP contribution in [-0.2, 0) is 0 Å². The summed E-state index contributed by atoms with van der Waals surface area (Å²) in [4.78, 5) is 2.17. The monoisotopic (exact) mass is 314 g/mol. The van der Waals surface area contributed by atoms with Gasteiger partial charge in [-0.15, -0.1) is 0 Å². The molecule has 23 heavy (non-hydrogen) atoms. The summed E-state index contributed by atoms with van der Waals surface area (Å²) >= 11 is 0. The zero-order valence-electron chi connectivity index (χ0n) is 14.2. The van der Waals surface area contributed by atoms with Crippen molar-refractivity contribution >= 4 is 5.69 Å². The Morgan fingerprint density at radius 2 is 1.83 bits per heavy atom. The Kier molecular flexibility index (Phi) is 6.29. The second-order valence-electron chi connectivity index (χ2n) is 5.43. The molecule has 0 saturated heterocycles. The molecule has 4 nitrogen and oxygen atoms in total. The van der Waals surface area contributed by atoms with Gasteiger partial charge in [-0.05, 0) is 24.6 Å². The molecule has 0 amide bonds. The summed E-state index contributed by atoms with van der Waals surface area (Å²) < 4.78 is 11.4. The number of likely N-dealkylation sites (N-methyl/N-ethyl adjacent to an activating group) is 1. The lowest BCUT2D eigenvalue weighted by Crippen LogP contribution is -2.30. The first-order valence-corrected chi connectivity index (χ1v) is 8.00. The highest BCUT2D eigenvalue weighted by molar-refractivity contribution is 5.54. The molecule has 0 spiro atoms. The van der Waals surface area contributed by atoms with E-state index in [1.54, 1.807) is 7.11 Å². The smallest absolute Gasteiger partial charge is 0.166 e. The van der Waals surface area contributed by atoms with Crippen LogP contribution in [0.4, 0.5) is 5.69 Å². The maximum absolute atomic E-state index is 6.09. The van der Waals surface area contributed by atoms with Gasteiger partial charge in [0, 0.05) is 24.8 Å². The van der Waals surface area contributed by atoms with Crippen LogP contribution in [-0.4, -0.2) is 27.3 Å². The molecule has 2 aromatic carbocycles. The van der Waals surface area contributed by atoms with Gasteiger partial charge in [-0.3, -0.25) is 0 Å². The zero-order chi connectivity index (χ0) is 16.7. The highest BCUT2D eigenvalue weighted by Gasteiger charge is 2.22. The molecule has 2 aromatic rings. The Balaban J connectivity index is 2.40. The second kappa shape index (κ2) is 8.44. The van der Waals surface area contributed by atoms with E-state index in [2.05, 4.69) is 37.1 Å². The van der Waals surface area contributed by atoms with Gasteiger partial charge in [0.05, 0.1) is 19.8 Å². The van der Waals surface area contributed by atoms with Crippen LogP contribution in [0.25, 0.3) is 0 Å². The molecule has 2 N–H and O–H groups in total. The SMILES string of the molecule is CCCOc1c(OC)cccc1C(CN)N(C)c1ccccc1. The number of rotatable bonds is 8. The third kappa shape index (κ3) is 3.96. The fourth-order valence-electron chi connectivity index (χ4n) is 2.65. The summed E-state index contributed by atoms with van der Waals surface area (Å²) in [7, 11) is 3.71. The van der Waals surface area contributed by atoms with Crippen molar-refractivity contribution < 1.29 is 9.47 Å². The van der Waals surface area contributed by atoms with E-state index < -0.39 is 0 Å². The van der Waals surface area contributed by atoms with Gasteiger partial charge < -0.3 is 20.1 Å². The van der Waals surface area contributed by atoms with Gasteiger partial charge in [-0.2, -0.15) is 0 Å². The van der Waals surface area contributed by atoms with E-state index in [1.807, 2.05) is 30.3 Å². The van der Waals surface area contributed by atoms with Crippen molar-refractivity contribution in [2.45, 2.75) is 19.4 Å². The summed E-state index contributed by atoms with van der Waals surface area (Å²) in [5, 5.41) is 0. The molecular weight excluding hydrogens is 288 g/mol. The number of nitrogens with two attached hydrogens (primary N) is 1. The van der Waals surface area contributed by atoms with Crippen LogP contribution in [0.3, 0.4) is 0 Å². The maximum Gasteiger partial charge on any atom is 0.166 e. The van der Waals surface area contributed by atoms with E-state index in [9.17, 15) is 0 Å². The largest absolute Gasteiger partial charge is 0.493 e. The third-order valence-electron chi connectivity index (χ3n) is 3.89. The Bertz CT molecular complexity index is 602. The number of methoxy groups -OCH3 is 1. The number of hydrogen-bond donors (Lipinski definition) is 1. The van der Waals surface area contributed by atoms with Crippen molar-refractivity contribution in [3.63, 3.8) is 0 Å². The number of benzene rings is 2. The number of anilines is 1. The van der Waals surface area contributed by atoms with Crippen LogP contribution in [0.15, 0.2) is 48.5 Å². The Morgan fingerprint density at radius 3 is 2.43 bits per heavy atom. The number of para-hydroxylation sites is 2. The Hall–Kier alpha value is -2.20. The maximum atomic E-state index is 6.09. The molecule has 0 aliphatic heterocycles. The lowest BCUT2D eigenvalue weighted by molar-refractivity contribution is 0.289. The molecular formula is C19H26N2O2. The highest BCUT2D eigenvalue weighted by Crippen LogP contribution is 2.37. The van der Waals surface area contributed by atoms with Crippen LogP contribution >= 0.6 is 0 Å². The molecule has 4 heteroatoms. The van der Waals surface area contributed by atoms with Crippen molar-refractivity contribution in [2.75, 3.05) is 32.2 Å². The number of ether oxygens (including phenoxy) is 2. The Labute approximate surface area is 138 Å². The van der Waals surface area contributed by atoms with E-state index in [1.165, 1.54) is 0 Å². The molecule has 0 heterocycles. The van der Waals surface area contributed by atoms with E-state index in [-0.39, 0.29) is 6.04 Å². The van der Waals surface area contributed by atoms with Crippen LogP contribution in [0, 0.1) is 0 Å². The first-order chi connectivity index (χ1) is 11.2. The number of nitrogens with zero attached hydrogens (tertiary/aromatic N) is 1. The quantitative estimate of drug-likeness (QED) is 0.808. The van der Waals surface area contributed by atoms with E-state index in [0.29, 0.717) is 13.2 Å². The van der Waals surface area contributed by atoms with E-state index in [4.69, 9.17) is 15.2 Å². The van der Waals surface area contributed by atoms with Gasteiger partial charge in [0.15, 0.2) is 11.5 Å². The van der Waals surface area contributed by atoms with Gasteiger partial charge in [-0.1, -0.05) is 37.3 Å². The average Bonchev–Trinajstić information content (AvgIpc) is 2.61. The second-order valence-corrected chi connectivity index (χ2v) is 5.43. The number of hydrogen-bond acceptors (Lipinski definition) is 4. The standard InChI is InChI=1S/C19H26N2O2/c1-4-13-23-19-16(11-8-12-18(19)22-3)17(14-20)21(2)15-9-6-5-7-10-15/h5-12,17H,4,13-14,20H2,1-3H3. The van der Waals surface area contributed by atoms with E-state index in [0.717, 1.165) is 29.2 Å². The van der Waals surface area contributed by atoms with Crippen molar-refractivity contribution in [1.29, 1.82) is 0 Å². The summed E-state index contributed by atoms with van der Waals surface area (Å²) in [6.45, 7) is 3.23. The molecule has 0 radical (unpaired) electrons. The van der Waals surface area contributed by atoms with Crippen molar-refractivity contribution in [3.05, 3.63) is 54.1 Å². The zero-order valence-corrected chi connectivity index (χ0v) is 14.2. The molecule has 0 aliphatic rings. The highest BCUT2D eigenvalue weighted by atomic mass is 16.5. The van der Waals surface area contributed by atoms with E-state index >= 15 is 0 Å². The lowest BCUT2D eigenvalue weighted by atomic mass is 10.0. The van der Waals surface area contributed by atoms with Crippen LogP contribution in [0.1, 0.15) is 24.9 Å². The third-order valence-corrected chi connectivity index (χ3v) is 3.89. The van der Waals surface area contributed by atoms with Gasteiger partial charge in [-0.25, -0.2) is 0 Å². The van der Waals surface area contributed by atoms with Gasteiger partial charge >= 0.3 is 0 Å². The summed E-state index contributed by atoms with van der Waals surface area (Å²) in [6, 6.07) is 16.2. The van der Waals surface area contributed by atoms with Crippen molar-refractivity contribution in [1.82, 2.24) is 0 Å². The molecule has 0 aliphatic carbocycles. The Morgan fingerprint density at radius 1 is 1.09 bits per heavy atom. The summed E-state index contributed by atoms with van der Waals surface area (Å²) in [5.41, 5.74) is 8.26. The van der Waals surface area contributed by atoms with Crippen LogP contribution in [0.5, 0.6) is 11.5 Å². The molecule has 0 fully saturated rings. The van der Waals surface area contributed by atoms with Crippen LogP contribution < -0.4 is 20.1 Å². The predicted octanol–water partition coefficient (Wildman–Crippen LogP) is 3.62. The molecule has 1 unspecified atom stereocenters. The lowest BCUT2D eigenvalue weighted by Gasteiger charge is -2.31. The van der Waals surface area contributed by atoms with Crippen LogP contribution in [0.2, 0.25) is 0 Å². The topological polar surface area (TPSA) is 47.7 Å². The van der Waals surface area contributed by atoms with Gasteiger partial charge in [0.2, 0.25) is 0 Å². The molecule has 1 atom stereocenters. The van der Waals surface area contributed by atoms with Crippen molar-refractivity contribution in [2.24, 2.45) is 5.73 Å². The summed E-state index contributed by atoms with van der Waals surface area (Å²) in [6.07, 6.45) is 0.944. The van der Waals surface area contributed by atoms with Gasteiger partial charge in [0.1, 0.15) is 0 Å². The first kappa shape index (κ1) is 17.2. The summed E-state index contributed by atoms with van der Waals surface area (Å²) in [5.74, 6) is 1.53. The molecule has 2 rings (SSSR count). The minimum Gasteiger partial charge on any atom is -0.493 e. The molecule has 0 bridgehead atoms.